The van der Waals surface area contributed by atoms with Crippen LogP contribution in [0.2, 0.25) is 0 Å². The van der Waals surface area contributed by atoms with Crippen LogP contribution in [-0.4, -0.2) is 36.0 Å². The van der Waals surface area contributed by atoms with Gasteiger partial charge in [0.25, 0.3) is 0 Å². The van der Waals surface area contributed by atoms with Crippen LogP contribution in [0.1, 0.15) is 12.8 Å². The van der Waals surface area contributed by atoms with E-state index < -0.39 is 0 Å². The molecule has 0 saturated carbocycles. The summed E-state index contributed by atoms with van der Waals surface area (Å²) in [5.74, 6) is 2.49. The van der Waals surface area contributed by atoms with Gasteiger partial charge in [-0.05, 0) is 18.4 Å². The van der Waals surface area contributed by atoms with Crippen molar-refractivity contribution >= 4 is 11.8 Å². The lowest BCUT2D eigenvalue weighted by Crippen LogP contribution is -2.41. The van der Waals surface area contributed by atoms with Crippen LogP contribution < -0.4 is 11.1 Å². The summed E-state index contributed by atoms with van der Waals surface area (Å²) < 4.78 is 0. The number of rotatable bonds is 1. The first-order chi connectivity index (χ1) is 7.36. The molecule has 0 atom stereocenters. The number of dihydropyridines is 1. The van der Waals surface area contributed by atoms with Gasteiger partial charge in [-0.3, -0.25) is 0 Å². The second-order valence-corrected chi connectivity index (χ2v) is 5.52. The molecule has 1 aliphatic carbocycles. The Balaban J connectivity index is 1.91. The van der Waals surface area contributed by atoms with E-state index in [1.807, 2.05) is 11.8 Å². The normalized spacial score (nSPS) is 26.0. The van der Waals surface area contributed by atoms with Crippen molar-refractivity contribution in [2.24, 2.45) is 5.73 Å². The fraction of sp³-hybridized carbons (Fsp3) is 0.636. The van der Waals surface area contributed by atoms with E-state index in [1.165, 1.54) is 34.9 Å². The van der Waals surface area contributed by atoms with Gasteiger partial charge in [0.2, 0.25) is 0 Å². The molecule has 3 aliphatic heterocycles. The Morgan fingerprint density at radius 1 is 1.20 bits per heavy atom. The maximum atomic E-state index is 6.21. The Labute approximate surface area is 94.8 Å². The molecular weight excluding hydrogens is 206 g/mol. The lowest BCUT2D eigenvalue weighted by atomic mass is 9.92. The zero-order valence-electron chi connectivity index (χ0n) is 8.88. The van der Waals surface area contributed by atoms with Gasteiger partial charge in [-0.2, -0.15) is 11.8 Å². The quantitative estimate of drug-likeness (QED) is 0.692. The van der Waals surface area contributed by atoms with Gasteiger partial charge in [0, 0.05) is 36.8 Å². The zero-order chi connectivity index (χ0) is 10.3. The molecule has 0 radical (unpaired) electrons. The standard InChI is InChI=1S/C11H17N3S/c12-10-9-2-1-8(7-13-9)11(10)14-3-5-15-6-4-14/h13H,1-7,12H2. The molecule has 0 unspecified atom stereocenters. The number of hydrogen-bond acceptors (Lipinski definition) is 4. The van der Waals surface area contributed by atoms with Gasteiger partial charge in [0.1, 0.15) is 0 Å². The first-order valence-corrected chi connectivity index (χ1v) is 6.79. The fourth-order valence-corrected chi connectivity index (χ4v) is 3.52. The van der Waals surface area contributed by atoms with Crippen molar-refractivity contribution in [3.63, 3.8) is 0 Å². The first-order valence-electron chi connectivity index (χ1n) is 5.64. The summed E-state index contributed by atoms with van der Waals surface area (Å²) >= 11 is 2.05. The predicted molar refractivity (Wildman–Crippen MR) is 64.4 cm³/mol. The number of nitrogens with two attached hydrogens (primary N) is 1. The Hall–Kier alpha value is -0.770. The molecule has 3 nitrogen and oxygen atoms in total. The third-order valence-electron chi connectivity index (χ3n) is 3.43. The van der Waals surface area contributed by atoms with E-state index in [0.717, 1.165) is 31.8 Å². The summed E-state index contributed by atoms with van der Waals surface area (Å²) in [7, 11) is 0. The van der Waals surface area contributed by atoms with E-state index in [-0.39, 0.29) is 0 Å². The predicted octanol–water partition coefficient (Wildman–Crippen LogP) is 0.857. The molecule has 4 aliphatic rings. The molecule has 0 aromatic carbocycles. The highest BCUT2D eigenvalue weighted by atomic mass is 32.2. The van der Waals surface area contributed by atoms with Crippen molar-refractivity contribution in [2.45, 2.75) is 12.8 Å². The van der Waals surface area contributed by atoms with E-state index in [0.29, 0.717) is 0 Å². The average Bonchev–Trinajstić information content (AvgIpc) is 2.31. The molecule has 0 spiro atoms. The number of allylic oxidation sites excluding steroid dienone is 1. The second kappa shape index (κ2) is 3.67. The number of thioether (sulfide) groups is 1. The van der Waals surface area contributed by atoms with Crippen LogP contribution in [0, 0.1) is 0 Å². The highest BCUT2D eigenvalue weighted by molar-refractivity contribution is 7.99. The van der Waals surface area contributed by atoms with Crippen molar-refractivity contribution in [2.75, 3.05) is 31.1 Å². The molecule has 0 aromatic heterocycles. The zero-order valence-corrected chi connectivity index (χ0v) is 9.70. The Kier molecular flexibility index (Phi) is 2.31. The van der Waals surface area contributed by atoms with Gasteiger partial charge in [-0.25, -0.2) is 0 Å². The van der Waals surface area contributed by atoms with Crippen molar-refractivity contribution in [3.05, 3.63) is 22.7 Å². The van der Waals surface area contributed by atoms with Gasteiger partial charge in [-0.1, -0.05) is 0 Å². The minimum atomic E-state index is 1.02. The van der Waals surface area contributed by atoms with E-state index in [2.05, 4.69) is 10.2 Å². The van der Waals surface area contributed by atoms with Gasteiger partial charge in [0.05, 0.1) is 11.4 Å². The van der Waals surface area contributed by atoms with Crippen LogP contribution in [-0.2, 0) is 0 Å². The molecule has 2 bridgehead atoms. The number of fused-ring (bicyclic) bond motifs is 3. The molecule has 2 fully saturated rings. The summed E-state index contributed by atoms with van der Waals surface area (Å²) in [6, 6.07) is 0. The summed E-state index contributed by atoms with van der Waals surface area (Å²) in [4.78, 5) is 2.49. The maximum Gasteiger partial charge on any atom is 0.0745 e. The summed E-state index contributed by atoms with van der Waals surface area (Å²) in [6.07, 6.45) is 2.33. The molecule has 2 saturated heterocycles. The van der Waals surface area contributed by atoms with Crippen LogP contribution >= 0.6 is 11.8 Å². The first kappa shape index (κ1) is 9.46. The van der Waals surface area contributed by atoms with Crippen LogP contribution in [0.3, 0.4) is 0 Å². The van der Waals surface area contributed by atoms with Crippen LogP contribution in [0.4, 0.5) is 0 Å². The lowest BCUT2D eigenvalue weighted by Gasteiger charge is -2.39. The van der Waals surface area contributed by atoms with Gasteiger partial charge in [0.15, 0.2) is 0 Å². The van der Waals surface area contributed by atoms with Crippen LogP contribution in [0.5, 0.6) is 0 Å². The van der Waals surface area contributed by atoms with Crippen LogP contribution in [0.25, 0.3) is 0 Å². The van der Waals surface area contributed by atoms with Crippen molar-refractivity contribution in [1.29, 1.82) is 0 Å². The number of nitrogens with one attached hydrogen (secondary N) is 1. The molecule has 4 rings (SSSR count). The maximum absolute atomic E-state index is 6.21. The summed E-state index contributed by atoms with van der Waals surface area (Å²) in [5.41, 5.74) is 11.4. The van der Waals surface area contributed by atoms with E-state index >= 15 is 0 Å². The Bertz CT molecular complexity index is 328. The number of hydrogen-bond donors (Lipinski definition) is 2. The highest BCUT2D eigenvalue weighted by Crippen LogP contribution is 2.33. The molecule has 82 valence electrons. The molecule has 0 aromatic rings. The Morgan fingerprint density at radius 2 is 2.00 bits per heavy atom. The third-order valence-corrected chi connectivity index (χ3v) is 4.38. The number of piperidine rings is 1. The van der Waals surface area contributed by atoms with Gasteiger partial charge in [-0.15, -0.1) is 0 Å². The largest absolute Gasteiger partial charge is 0.396 e. The topological polar surface area (TPSA) is 41.3 Å². The van der Waals surface area contributed by atoms with Gasteiger partial charge >= 0.3 is 0 Å². The van der Waals surface area contributed by atoms with Crippen molar-refractivity contribution in [3.8, 4) is 0 Å². The minimum absolute atomic E-state index is 1.02. The monoisotopic (exact) mass is 223 g/mol. The number of nitrogens with zero attached hydrogens (tertiary/aromatic N) is 1. The highest BCUT2D eigenvalue weighted by Gasteiger charge is 2.28. The Morgan fingerprint density at radius 3 is 2.60 bits per heavy atom. The third kappa shape index (κ3) is 1.51. The smallest absolute Gasteiger partial charge is 0.0745 e. The fourth-order valence-electron chi connectivity index (χ4n) is 2.61. The SMILES string of the molecule is NC1=C2CCC(=C1N1CCSCC1)CN2. The van der Waals surface area contributed by atoms with Crippen molar-refractivity contribution in [1.82, 2.24) is 10.2 Å². The molecule has 0 amide bonds. The van der Waals surface area contributed by atoms with E-state index in [9.17, 15) is 0 Å². The molecule has 3 N–H and O–H groups in total. The molecule has 4 heteroatoms. The molecular formula is C11H17N3S. The molecule has 15 heavy (non-hydrogen) atoms. The van der Waals surface area contributed by atoms with Crippen molar-refractivity contribution < 1.29 is 0 Å². The van der Waals surface area contributed by atoms with Gasteiger partial charge < -0.3 is 16.0 Å². The van der Waals surface area contributed by atoms with E-state index in [4.69, 9.17) is 5.73 Å². The lowest BCUT2D eigenvalue weighted by molar-refractivity contribution is 0.369. The molecule has 3 heterocycles. The summed E-state index contributed by atoms with van der Waals surface area (Å²) in [5, 5.41) is 3.40. The van der Waals surface area contributed by atoms with Crippen LogP contribution in [0.15, 0.2) is 22.7 Å². The average molecular weight is 223 g/mol. The van der Waals surface area contributed by atoms with E-state index in [1.54, 1.807) is 0 Å². The minimum Gasteiger partial charge on any atom is -0.396 e. The second-order valence-electron chi connectivity index (χ2n) is 4.30. The summed E-state index contributed by atoms with van der Waals surface area (Å²) in [6.45, 7) is 3.35.